The van der Waals surface area contributed by atoms with E-state index < -0.39 is 42.2 Å². The van der Waals surface area contributed by atoms with Gasteiger partial charge in [-0.1, -0.05) is 54.1 Å². The van der Waals surface area contributed by atoms with Crippen molar-refractivity contribution in [1.29, 1.82) is 0 Å². The number of carbonyl (C=O) groups is 1. The third-order valence-corrected chi connectivity index (χ3v) is 5.99. The molecule has 11 heteroatoms. The summed E-state index contributed by atoms with van der Waals surface area (Å²) >= 11 is 5.83. The van der Waals surface area contributed by atoms with Gasteiger partial charge in [0.1, 0.15) is 22.8 Å². The Kier molecular flexibility index (Phi) is 8.13. The van der Waals surface area contributed by atoms with Crippen LogP contribution in [0.1, 0.15) is 27.6 Å². The van der Waals surface area contributed by atoms with Crippen LogP contribution in [0.25, 0.3) is 10.8 Å². The van der Waals surface area contributed by atoms with E-state index in [0.29, 0.717) is 16.5 Å². The van der Waals surface area contributed by atoms with Crippen LogP contribution < -0.4 is 10.1 Å². The molecule has 0 saturated carbocycles. The Balaban J connectivity index is 1.65. The van der Waals surface area contributed by atoms with E-state index in [9.17, 15) is 31.9 Å². The number of hydrogen-bond donors (Lipinski definition) is 2. The van der Waals surface area contributed by atoms with Crippen molar-refractivity contribution < 1.29 is 36.6 Å². The molecule has 1 aromatic heterocycles. The number of rotatable bonds is 9. The number of halogens is 6. The first kappa shape index (κ1) is 27.3. The van der Waals surface area contributed by atoms with Crippen molar-refractivity contribution in [3.63, 3.8) is 0 Å². The Bertz CT molecular complexity index is 1440. The third kappa shape index (κ3) is 6.20. The summed E-state index contributed by atoms with van der Waals surface area (Å²) in [6.45, 7) is 0. The summed E-state index contributed by atoms with van der Waals surface area (Å²) in [5.41, 5.74) is 0.727. The first-order valence-corrected chi connectivity index (χ1v) is 11.6. The second-order valence-corrected chi connectivity index (χ2v) is 8.78. The number of hydrogen-bond acceptors (Lipinski definition) is 4. The molecule has 4 rings (SSSR count). The van der Waals surface area contributed by atoms with Gasteiger partial charge in [0.15, 0.2) is 0 Å². The summed E-state index contributed by atoms with van der Waals surface area (Å²) in [7, 11) is 0. The molecule has 0 bridgehead atoms. The third-order valence-electron chi connectivity index (χ3n) is 5.77. The highest BCUT2D eigenvalue weighted by Crippen LogP contribution is 2.29. The molecular formula is C27H20ClF5N2O3. The topological polar surface area (TPSA) is 71.5 Å². The minimum Gasteiger partial charge on any atom is -0.428 e. The average Bonchev–Trinajstić information content (AvgIpc) is 2.88. The molecule has 38 heavy (non-hydrogen) atoms. The van der Waals surface area contributed by atoms with Crippen molar-refractivity contribution in [2.24, 2.45) is 0 Å². The lowest BCUT2D eigenvalue weighted by molar-refractivity contribution is -0.253. The van der Waals surface area contributed by atoms with Gasteiger partial charge >= 0.3 is 12.5 Å². The van der Waals surface area contributed by atoms with Crippen molar-refractivity contribution >= 4 is 28.3 Å². The number of aliphatic hydroxyl groups excluding tert-OH is 1. The van der Waals surface area contributed by atoms with E-state index >= 15 is 0 Å². The molecule has 1 amide bonds. The summed E-state index contributed by atoms with van der Waals surface area (Å²) in [5, 5.41) is 14.6. The molecule has 198 valence electrons. The lowest BCUT2D eigenvalue weighted by atomic mass is 9.96. The predicted molar refractivity (Wildman–Crippen MR) is 131 cm³/mol. The lowest BCUT2D eigenvalue weighted by Crippen LogP contribution is -2.41. The van der Waals surface area contributed by atoms with Crippen molar-refractivity contribution in [3.8, 4) is 5.75 Å². The van der Waals surface area contributed by atoms with Gasteiger partial charge in [0.25, 0.3) is 5.91 Å². The van der Waals surface area contributed by atoms with E-state index in [1.165, 1.54) is 42.6 Å². The van der Waals surface area contributed by atoms with Crippen LogP contribution >= 0.6 is 11.6 Å². The fourth-order valence-electron chi connectivity index (χ4n) is 3.93. The molecule has 3 aromatic carbocycles. The van der Waals surface area contributed by atoms with Gasteiger partial charge in [0, 0.05) is 22.7 Å². The Morgan fingerprint density at radius 2 is 1.76 bits per heavy atom. The fourth-order valence-corrected chi connectivity index (χ4v) is 4.05. The Labute approximate surface area is 218 Å². The van der Waals surface area contributed by atoms with Gasteiger partial charge in [0.05, 0.1) is 6.04 Å². The highest BCUT2D eigenvalue weighted by molar-refractivity contribution is 6.29. The van der Waals surface area contributed by atoms with E-state index in [-0.39, 0.29) is 22.5 Å². The molecule has 1 heterocycles. The van der Waals surface area contributed by atoms with Gasteiger partial charge in [-0.15, -0.1) is 0 Å². The second-order valence-electron chi connectivity index (χ2n) is 8.40. The number of alkyl halides is 4. The first-order chi connectivity index (χ1) is 18.0. The maximum absolute atomic E-state index is 14.3. The second kappa shape index (κ2) is 11.3. The number of benzene rings is 3. The zero-order chi connectivity index (χ0) is 27.4. The van der Waals surface area contributed by atoms with E-state index in [1.807, 2.05) is 0 Å². The number of nitrogens with zero attached hydrogens (tertiary/aromatic N) is 1. The normalized spacial score (nSPS) is 13.4. The van der Waals surface area contributed by atoms with E-state index in [4.69, 9.17) is 11.6 Å². The minimum atomic E-state index is -4.70. The highest BCUT2D eigenvalue weighted by atomic mass is 35.5. The largest absolute Gasteiger partial charge is 0.461 e. The van der Waals surface area contributed by atoms with Gasteiger partial charge in [-0.25, -0.2) is 9.37 Å². The SMILES string of the molecule is O=C(NC(Cc1cccc(OC(F)(F)C(F)F)c1)C(O)c1ccc(Cl)nc1)c1ccc(F)c2ccccc12. The van der Waals surface area contributed by atoms with Gasteiger partial charge in [-0.05, 0) is 47.7 Å². The summed E-state index contributed by atoms with van der Waals surface area (Å²) < 4.78 is 70.4. The zero-order valence-corrected chi connectivity index (χ0v) is 20.2. The molecule has 0 aliphatic carbocycles. The number of carbonyl (C=O) groups excluding carboxylic acids is 1. The van der Waals surface area contributed by atoms with Gasteiger partial charge in [-0.2, -0.15) is 17.6 Å². The van der Waals surface area contributed by atoms with Crippen molar-refractivity contribution in [2.45, 2.75) is 31.1 Å². The number of aliphatic hydroxyl groups is 1. The molecule has 2 N–H and O–H groups in total. The molecule has 0 fully saturated rings. The van der Waals surface area contributed by atoms with E-state index in [1.54, 1.807) is 18.2 Å². The van der Waals surface area contributed by atoms with Gasteiger partial charge < -0.3 is 15.2 Å². The average molecular weight is 551 g/mol. The molecule has 0 saturated heterocycles. The van der Waals surface area contributed by atoms with Crippen LogP contribution in [0.5, 0.6) is 5.75 Å². The van der Waals surface area contributed by atoms with Crippen molar-refractivity contribution in [3.05, 3.63) is 107 Å². The summed E-state index contributed by atoms with van der Waals surface area (Å²) in [6, 6.07) is 15.7. The molecule has 0 radical (unpaired) electrons. The maximum atomic E-state index is 14.3. The van der Waals surface area contributed by atoms with Crippen LogP contribution in [0.2, 0.25) is 5.15 Å². The number of nitrogens with one attached hydrogen (secondary N) is 1. The first-order valence-electron chi connectivity index (χ1n) is 11.3. The molecule has 5 nitrogen and oxygen atoms in total. The molecule has 2 unspecified atom stereocenters. The Hall–Kier alpha value is -3.76. The van der Waals surface area contributed by atoms with Gasteiger partial charge in [0.2, 0.25) is 0 Å². The molecule has 0 spiro atoms. The van der Waals surface area contributed by atoms with Gasteiger partial charge in [-0.3, -0.25) is 4.79 Å². The Morgan fingerprint density at radius 3 is 2.45 bits per heavy atom. The van der Waals surface area contributed by atoms with E-state index in [0.717, 1.165) is 18.2 Å². The van der Waals surface area contributed by atoms with Crippen LogP contribution in [0.15, 0.2) is 79.0 Å². The van der Waals surface area contributed by atoms with Crippen LogP contribution in [0.3, 0.4) is 0 Å². The minimum absolute atomic E-state index is 0.119. The molecule has 4 aromatic rings. The number of ether oxygens (including phenoxy) is 1. The molecule has 2 atom stereocenters. The quantitative estimate of drug-likeness (QED) is 0.188. The zero-order valence-electron chi connectivity index (χ0n) is 19.4. The van der Waals surface area contributed by atoms with Crippen molar-refractivity contribution in [1.82, 2.24) is 10.3 Å². The Morgan fingerprint density at radius 1 is 1.03 bits per heavy atom. The van der Waals surface area contributed by atoms with Crippen LogP contribution in [-0.4, -0.2) is 34.6 Å². The maximum Gasteiger partial charge on any atom is 0.461 e. The summed E-state index contributed by atoms with van der Waals surface area (Å²) in [5.74, 6) is -1.67. The summed E-state index contributed by atoms with van der Waals surface area (Å²) in [4.78, 5) is 17.2. The molecule has 0 aliphatic heterocycles. The monoisotopic (exact) mass is 550 g/mol. The smallest absolute Gasteiger partial charge is 0.428 e. The van der Waals surface area contributed by atoms with Crippen molar-refractivity contribution in [2.75, 3.05) is 0 Å². The standard InChI is InChI=1S/C27H20ClF5N2O3/c28-23-11-8-16(14-34-23)24(36)22(13-15-4-3-5-17(12-15)38-27(32,33)26(30)31)35-25(37)20-9-10-21(29)19-7-2-1-6-18(19)20/h1-12,14,22,24,26,36H,13H2,(H,35,37). The highest BCUT2D eigenvalue weighted by Gasteiger charge is 2.44. The summed E-state index contributed by atoms with van der Waals surface area (Å²) in [6.07, 6.45) is -8.90. The van der Waals surface area contributed by atoms with E-state index in [2.05, 4.69) is 15.0 Å². The lowest BCUT2D eigenvalue weighted by Gasteiger charge is -2.25. The number of fused-ring (bicyclic) bond motifs is 1. The number of aromatic nitrogens is 1. The van der Waals surface area contributed by atoms with Crippen LogP contribution in [0, 0.1) is 5.82 Å². The van der Waals surface area contributed by atoms with Crippen LogP contribution in [-0.2, 0) is 6.42 Å². The predicted octanol–water partition coefficient (Wildman–Crippen LogP) is 6.34. The number of amides is 1. The molecule has 0 aliphatic rings. The number of pyridine rings is 1. The molecular weight excluding hydrogens is 531 g/mol. The fraction of sp³-hybridized carbons (Fsp3) is 0.185. The van der Waals surface area contributed by atoms with Crippen LogP contribution in [0.4, 0.5) is 22.0 Å².